The molecule has 0 bridgehead atoms. The maximum absolute atomic E-state index is 11.8. The van der Waals surface area contributed by atoms with Crippen LogP contribution < -0.4 is 5.56 Å². The largest absolute Gasteiger partial charge is 0.491 e. The van der Waals surface area contributed by atoms with Crippen LogP contribution in [0.15, 0.2) is 34.7 Å². The van der Waals surface area contributed by atoms with Gasteiger partial charge in [-0.3, -0.25) is 9.59 Å². The Labute approximate surface area is 162 Å². The summed E-state index contributed by atoms with van der Waals surface area (Å²) in [6.45, 7) is 9.53. The molecular weight excluding hydrogens is 363 g/mol. The fourth-order valence-corrected chi connectivity index (χ4v) is 3.37. The van der Waals surface area contributed by atoms with E-state index in [9.17, 15) is 9.59 Å². The summed E-state index contributed by atoms with van der Waals surface area (Å²) in [4.78, 5) is 23.3. The molecule has 1 fully saturated rings. The van der Waals surface area contributed by atoms with Gasteiger partial charge in [0.05, 0.1) is 22.8 Å². The van der Waals surface area contributed by atoms with Gasteiger partial charge in [0.15, 0.2) is 5.12 Å². The minimum atomic E-state index is -0.533. The summed E-state index contributed by atoms with van der Waals surface area (Å²) in [5, 5.41) is 7.64. The SMILES string of the molecule is CC(=O)SCC(=Cc1ccc2c(=O)[nH]ncc2c1)B1OC(C)(C)C(C)(C)O1. The molecule has 2 aromatic rings. The van der Waals surface area contributed by atoms with E-state index in [1.807, 2.05) is 45.9 Å². The lowest BCUT2D eigenvalue weighted by Gasteiger charge is -2.32. The van der Waals surface area contributed by atoms with Crippen LogP contribution in [0.1, 0.15) is 40.2 Å². The van der Waals surface area contributed by atoms with Crippen LogP contribution >= 0.6 is 11.8 Å². The van der Waals surface area contributed by atoms with Crippen LogP contribution in [0, 0.1) is 0 Å². The van der Waals surface area contributed by atoms with E-state index in [1.165, 1.54) is 11.8 Å². The Kier molecular flexibility index (Phi) is 5.34. The molecule has 1 aliphatic heterocycles. The van der Waals surface area contributed by atoms with E-state index in [4.69, 9.17) is 9.31 Å². The minimum Gasteiger partial charge on any atom is -0.400 e. The van der Waals surface area contributed by atoms with Crippen molar-refractivity contribution in [2.24, 2.45) is 0 Å². The Morgan fingerprint density at radius 3 is 2.56 bits per heavy atom. The lowest BCUT2D eigenvalue weighted by molar-refractivity contribution is -0.109. The quantitative estimate of drug-likeness (QED) is 0.813. The van der Waals surface area contributed by atoms with E-state index < -0.39 is 18.3 Å². The van der Waals surface area contributed by atoms with Gasteiger partial charge in [-0.1, -0.05) is 23.9 Å². The number of nitrogens with one attached hydrogen (secondary N) is 1. The highest BCUT2D eigenvalue weighted by Gasteiger charge is 2.52. The highest BCUT2D eigenvalue weighted by Crippen LogP contribution is 2.39. The third kappa shape index (κ3) is 4.18. The molecule has 0 atom stereocenters. The standard InChI is InChI=1S/C19H23BN2O4S/c1-12(23)27-11-15(20-25-18(2,3)19(4,5)26-20)9-13-6-7-16-14(8-13)10-21-22-17(16)24/h6-10H,11H2,1-5H3,(H,22,24). The van der Waals surface area contributed by atoms with E-state index in [-0.39, 0.29) is 10.7 Å². The molecule has 1 aliphatic rings. The molecule has 27 heavy (non-hydrogen) atoms. The average Bonchev–Trinajstić information content (AvgIpc) is 2.79. The van der Waals surface area contributed by atoms with E-state index >= 15 is 0 Å². The second kappa shape index (κ2) is 7.26. The topological polar surface area (TPSA) is 81.3 Å². The zero-order valence-electron chi connectivity index (χ0n) is 16.2. The molecule has 1 saturated heterocycles. The summed E-state index contributed by atoms with van der Waals surface area (Å²) in [5.74, 6) is 0.470. The first-order valence-corrected chi connectivity index (χ1v) is 9.74. The van der Waals surface area contributed by atoms with Gasteiger partial charge in [-0.25, -0.2) is 5.10 Å². The first-order valence-electron chi connectivity index (χ1n) is 8.76. The lowest BCUT2D eigenvalue weighted by atomic mass is 9.78. The lowest BCUT2D eigenvalue weighted by Crippen LogP contribution is -2.41. The zero-order valence-corrected chi connectivity index (χ0v) is 17.0. The highest BCUT2D eigenvalue weighted by atomic mass is 32.2. The summed E-state index contributed by atoms with van der Waals surface area (Å²) < 4.78 is 12.3. The van der Waals surface area contributed by atoms with Gasteiger partial charge in [0.25, 0.3) is 5.56 Å². The number of thioether (sulfide) groups is 1. The predicted molar refractivity (Wildman–Crippen MR) is 110 cm³/mol. The molecule has 142 valence electrons. The molecule has 3 rings (SSSR count). The van der Waals surface area contributed by atoms with Gasteiger partial charge < -0.3 is 9.31 Å². The molecule has 0 amide bonds. The van der Waals surface area contributed by atoms with Crippen LogP contribution in [0.2, 0.25) is 0 Å². The van der Waals surface area contributed by atoms with Gasteiger partial charge in [-0.05, 0) is 50.9 Å². The van der Waals surface area contributed by atoms with E-state index in [2.05, 4.69) is 10.2 Å². The van der Waals surface area contributed by atoms with Gasteiger partial charge in [-0.2, -0.15) is 5.10 Å². The number of carbonyl (C=O) groups excluding carboxylic acids is 1. The Balaban J connectivity index is 1.98. The molecule has 0 unspecified atom stereocenters. The highest BCUT2D eigenvalue weighted by molar-refractivity contribution is 8.13. The van der Waals surface area contributed by atoms with Crippen LogP contribution in [0.3, 0.4) is 0 Å². The molecule has 1 aromatic heterocycles. The number of aromatic amines is 1. The van der Waals surface area contributed by atoms with Gasteiger partial charge in [0, 0.05) is 18.1 Å². The van der Waals surface area contributed by atoms with Crippen molar-refractivity contribution in [3.8, 4) is 0 Å². The number of rotatable bonds is 4. The van der Waals surface area contributed by atoms with Crippen molar-refractivity contribution >= 4 is 40.8 Å². The Morgan fingerprint density at radius 2 is 1.93 bits per heavy atom. The molecule has 8 heteroatoms. The smallest absolute Gasteiger partial charge is 0.400 e. The minimum absolute atomic E-state index is 0.0339. The van der Waals surface area contributed by atoms with Crippen LogP contribution in [0.4, 0.5) is 0 Å². The first kappa shape index (κ1) is 19.9. The Hall–Kier alpha value is -1.90. The molecule has 0 aliphatic carbocycles. The molecule has 0 spiro atoms. The number of benzene rings is 1. The number of H-pyrrole nitrogens is 1. The number of fused-ring (bicyclic) bond motifs is 1. The second-order valence-electron chi connectivity index (χ2n) is 7.63. The number of aromatic nitrogens is 2. The van der Waals surface area contributed by atoms with Crippen molar-refractivity contribution in [1.29, 1.82) is 0 Å². The van der Waals surface area contributed by atoms with Gasteiger partial charge in [0.1, 0.15) is 0 Å². The van der Waals surface area contributed by atoms with Crippen molar-refractivity contribution in [2.45, 2.75) is 45.8 Å². The molecule has 0 saturated carbocycles. The van der Waals surface area contributed by atoms with Crippen molar-refractivity contribution in [2.75, 3.05) is 5.75 Å². The van der Waals surface area contributed by atoms with Gasteiger partial charge in [0.2, 0.25) is 0 Å². The van der Waals surface area contributed by atoms with Gasteiger partial charge >= 0.3 is 7.12 Å². The Bertz CT molecular complexity index is 952. The Morgan fingerprint density at radius 1 is 1.26 bits per heavy atom. The molecule has 1 N–H and O–H groups in total. The summed E-state index contributed by atoms with van der Waals surface area (Å²) >= 11 is 1.22. The number of hydrogen-bond acceptors (Lipinski definition) is 6. The number of nitrogens with zero attached hydrogens (tertiary/aromatic N) is 1. The predicted octanol–water partition coefficient (Wildman–Crippen LogP) is 3.22. The zero-order chi connectivity index (χ0) is 19.8. The van der Waals surface area contributed by atoms with Crippen LogP contribution in [0.5, 0.6) is 0 Å². The van der Waals surface area contributed by atoms with Crippen molar-refractivity contribution in [3.05, 3.63) is 45.8 Å². The van der Waals surface area contributed by atoms with Gasteiger partial charge in [-0.15, -0.1) is 0 Å². The fraction of sp³-hybridized carbons (Fsp3) is 0.421. The summed E-state index contributed by atoms with van der Waals surface area (Å²) in [6, 6.07) is 5.52. The van der Waals surface area contributed by atoms with E-state index in [1.54, 1.807) is 19.2 Å². The third-order valence-electron chi connectivity index (χ3n) is 5.04. The fourth-order valence-electron chi connectivity index (χ4n) is 2.78. The van der Waals surface area contributed by atoms with E-state index in [0.717, 1.165) is 16.4 Å². The normalized spacial score (nSPS) is 18.9. The number of hydrogen-bond donors (Lipinski definition) is 1. The molecular formula is C19H23BN2O4S. The maximum Gasteiger partial charge on any atom is 0.491 e. The molecule has 6 nitrogen and oxygen atoms in total. The third-order valence-corrected chi connectivity index (χ3v) is 5.92. The maximum atomic E-state index is 11.8. The summed E-state index contributed by atoms with van der Waals surface area (Å²) in [6.07, 6.45) is 3.57. The van der Waals surface area contributed by atoms with Crippen LogP contribution in [-0.4, -0.2) is 39.4 Å². The molecule has 0 radical (unpaired) electrons. The summed E-state index contributed by atoms with van der Waals surface area (Å²) in [7, 11) is -0.533. The molecule has 2 heterocycles. The van der Waals surface area contributed by atoms with Crippen molar-refractivity contribution in [1.82, 2.24) is 10.2 Å². The van der Waals surface area contributed by atoms with Crippen molar-refractivity contribution < 1.29 is 14.1 Å². The number of carbonyl (C=O) groups is 1. The van der Waals surface area contributed by atoms with Crippen LogP contribution in [-0.2, 0) is 14.1 Å². The summed E-state index contributed by atoms with van der Waals surface area (Å²) in [5.41, 5.74) is 0.618. The monoisotopic (exact) mass is 386 g/mol. The average molecular weight is 386 g/mol. The van der Waals surface area contributed by atoms with E-state index in [0.29, 0.717) is 11.1 Å². The first-order chi connectivity index (χ1) is 12.6. The molecule has 1 aromatic carbocycles. The second-order valence-corrected chi connectivity index (χ2v) is 8.79. The van der Waals surface area contributed by atoms with Crippen LogP contribution in [0.25, 0.3) is 16.8 Å². The van der Waals surface area contributed by atoms with Crippen molar-refractivity contribution in [3.63, 3.8) is 0 Å².